The third kappa shape index (κ3) is 14.4. The number of rotatable bonds is 22. The summed E-state index contributed by atoms with van der Waals surface area (Å²) in [6, 6.07) is 0. The number of carboxylic acids is 2. The summed E-state index contributed by atoms with van der Waals surface area (Å²) in [7, 11) is -5.18. The highest BCUT2D eigenvalue weighted by molar-refractivity contribution is 6.89. The van der Waals surface area contributed by atoms with E-state index in [1.54, 1.807) is 0 Å². The van der Waals surface area contributed by atoms with Crippen molar-refractivity contribution in [3.63, 3.8) is 0 Å². The first-order valence-corrected chi connectivity index (χ1v) is 19.6. The molecular weight excluding hydrogens is 448 g/mol. The molecule has 2 N–H and O–H groups in total. The second-order valence-electron chi connectivity index (χ2n) is 11.0. The predicted octanol–water partition coefficient (Wildman–Crippen LogP) is 8.60. The van der Waals surface area contributed by atoms with E-state index in [-0.39, 0.29) is 0 Å². The van der Waals surface area contributed by atoms with Crippen molar-refractivity contribution in [1.29, 1.82) is 0 Å². The average molecular weight is 503 g/mol. The number of aliphatic carboxylic acids is 2. The SMILES string of the molecule is CCCCCCCCCC(C(=O)O)[Si](C)(O[Si](C)(C)C)C(CCCCCCCCC)C(=O)O. The lowest BCUT2D eigenvalue weighted by Crippen LogP contribution is -2.55. The van der Waals surface area contributed by atoms with E-state index in [1.165, 1.54) is 51.4 Å². The molecule has 0 radical (unpaired) electrons. The number of hydrogen-bond acceptors (Lipinski definition) is 3. The largest absolute Gasteiger partial charge is 0.481 e. The minimum Gasteiger partial charge on any atom is -0.481 e. The van der Waals surface area contributed by atoms with Crippen molar-refractivity contribution in [2.75, 3.05) is 0 Å². The molecule has 2 unspecified atom stereocenters. The van der Waals surface area contributed by atoms with Crippen molar-refractivity contribution in [1.82, 2.24) is 0 Å². The first kappa shape index (κ1) is 32.3. The molecule has 0 rings (SSSR count). The van der Waals surface area contributed by atoms with Crippen LogP contribution in [0, 0.1) is 0 Å². The van der Waals surface area contributed by atoms with E-state index in [2.05, 4.69) is 33.5 Å². The summed E-state index contributed by atoms with van der Waals surface area (Å²) in [5.41, 5.74) is -1.32. The number of carboxylic acid groups (broad SMARTS) is 2. The lowest BCUT2D eigenvalue weighted by molar-refractivity contribution is -0.138. The molecule has 0 fully saturated rings. The van der Waals surface area contributed by atoms with Crippen LogP contribution < -0.4 is 0 Å². The van der Waals surface area contributed by atoms with Crippen molar-refractivity contribution in [3.05, 3.63) is 0 Å². The zero-order chi connectivity index (χ0) is 25.3. The molecule has 0 aliphatic rings. The van der Waals surface area contributed by atoms with Crippen LogP contribution in [0.15, 0.2) is 0 Å². The van der Waals surface area contributed by atoms with E-state index in [9.17, 15) is 19.8 Å². The van der Waals surface area contributed by atoms with Gasteiger partial charge in [0.05, 0.1) is 11.1 Å². The van der Waals surface area contributed by atoms with E-state index < -0.39 is 39.7 Å². The standard InChI is InChI=1S/C26H54O5Si2/c1-7-9-11-13-15-17-19-21-23(25(27)28)33(6,31-32(3,4)5)24(26(29)30)22-20-18-16-14-12-10-8-2/h23-24H,7-22H2,1-6H3,(H,27,28)(H,29,30). The first-order chi connectivity index (χ1) is 15.5. The van der Waals surface area contributed by atoms with Gasteiger partial charge in [-0.05, 0) is 39.0 Å². The average Bonchev–Trinajstić information content (AvgIpc) is 2.69. The molecule has 0 saturated carbocycles. The van der Waals surface area contributed by atoms with Gasteiger partial charge in [-0.15, -0.1) is 0 Å². The molecule has 0 spiro atoms. The van der Waals surface area contributed by atoms with Gasteiger partial charge in [-0.25, -0.2) is 0 Å². The summed E-state index contributed by atoms with van der Waals surface area (Å²) >= 11 is 0. The molecule has 2 atom stereocenters. The van der Waals surface area contributed by atoms with Gasteiger partial charge in [-0.2, -0.15) is 0 Å². The van der Waals surface area contributed by atoms with Crippen LogP contribution >= 0.6 is 0 Å². The monoisotopic (exact) mass is 502 g/mol. The number of carbonyl (C=O) groups is 2. The Balaban J connectivity index is 5.26. The molecule has 0 heterocycles. The highest BCUT2D eigenvalue weighted by atomic mass is 28.4. The molecule has 0 aromatic heterocycles. The minimum absolute atomic E-state index is 0.539. The van der Waals surface area contributed by atoms with Crippen molar-refractivity contribution >= 4 is 28.6 Å². The second-order valence-corrected chi connectivity index (χ2v) is 19.8. The van der Waals surface area contributed by atoms with Gasteiger partial charge in [-0.1, -0.05) is 104 Å². The molecule has 0 amide bonds. The Morgan fingerprint density at radius 3 is 1.18 bits per heavy atom. The molecule has 7 heteroatoms. The van der Waals surface area contributed by atoms with Crippen LogP contribution in [0.2, 0.25) is 37.3 Å². The smallest absolute Gasteiger partial charge is 0.306 e. The van der Waals surface area contributed by atoms with E-state index in [1.807, 2.05) is 6.55 Å². The predicted molar refractivity (Wildman–Crippen MR) is 144 cm³/mol. The molecule has 0 aromatic rings. The highest BCUT2D eigenvalue weighted by Gasteiger charge is 2.53. The Morgan fingerprint density at radius 2 is 0.909 bits per heavy atom. The van der Waals surface area contributed by atoms with Gasteiger partial charge in [0, 0.05) is 0 Å². The number of unbranched alkanes of at least 4 members (excludes halogenated alkanes) is 12. The Labute approximate surface area is 206 Å². The van der Waals surface area contributed by atoms with Crippen LogP contribution in [-0.4, -0.2) is 38.8 Å². The zero-order valence-electron chi connectivity index (χ0n) is 22.6. The fourth-order valence-corrected chi connectivity index (χ4v) is 14.4. The maximum absolute atomic E-state index is 12.4. The van der Waals surface area contributed by atoms with Gasteiger partial charge in [0.15, 0.2) is 8.32 Å². The van der Waals surface area contributed by atoms with Crippen LogP contribution in [0.4, 0.5) is 0 Å². The van der Waals surface area contributed by atoms with Gasteiger partial charge < -0.3 is 14.3 Å². The maximum atomic E-state index is 12.4. The lowest BCUT2D eigenvalue weighted by Gasteiger charge is -2.42. The van der Waals surface area contributed by atoms with Gasteiger partial charge in [0.2, 0.25) is 8.32 Å². The summed E-state index contributed by atoms with van der Waals surface area (Å²) in [5, 5.41) is 20.4. The molecule has 5 nitrogen and oxygen atoms in total. The molecule has 33 heavy (non-hydrogen) atoms. The zero-order valence-corrected chi connectivity index (χ0v) is 24.6. The van der Waals surface area contributed by atoms with Crippen LogP contribution in [-0.2, 0) is 13.7 Å². The summed E-state index contributed by atoms with van der Waals surface area (Å²) in [6.07, 6.45) is 16.8. The van der Waals surface area contributed by atoms with Gasteiger partial charge in [0.25, 0.3) is 0 Å². The quantitative estimate of drug-likeness (QED) is 0.114. The molecule has 0 aliphatic carbocycles. The third-order valence-corrected chi connectivity index (χ3v) is 14.7. The van der Waals surface area contributed by atoms with Crippen LogP contribution in [0.5, 0.6) is 0 Å². The van der Waals surface area contributed by atoms with Gasteiger partial charge in [0.1, 0.15) is 0 Å². The molecule has 0 aromatic carbocycles. The van der Waals surface area contributed by atoms with E-state index in [0.717, 1.165) is 38.5 Å². The Morgan fingerprint density at radius 1 is 0.606 bits per heavy atom. The minimum atomic E-state index is -3.07. The van der Waals surface area contributed by atoms with E-state index in [0.29, 0.717) is 12.8 Å². The Kier molecular flexibility index (Phi) is 17.4. The maximum Gasteiger partial charge on any atom is 0.306 e. The highest BCUT2D eigenvalue weighted by Crippen LogP contribution is 2.43. The molecular formula is C26H54O5Si2. The van der Waals surface area contributed by atoms with Crippen LogP contribution in [0.3, 0.4) is 0 Å². The molecule has 0 saturated heterocycles. The lowest BCUT2D eigenvalue weighted by atomic mass is 10.1. The van der Waals surface area contributed by atoms with E-state index in [4.69, 9.17) is 4.12 Å². The Bertz CT molecular complexity index is 497. The Hall–Kier alpha value is -0.666. The molecule has 0 bridgehead atoms. The molecule has 196 valence electrons. The topological polar surface area (TPSA) is 83.8 Å². The summed E-state index contributed by atoms with van der Waals surface area (Å²) in [5.74, 6) is -1.72. The van der Waals surface area contributed by atoms with Crippen molar-refractivity contribution in [3.8, 4) is 0 Å². The van der Waals surface area contributed by atoms with Crippen molar-refractivity contribution in [2.45, 2.75) is 154 Å². The fraction of sp³-hybridized carbons (Fsp3) is 0.923. The summed E-state index contributed by atoms with van der Waals surface area (Å²) < 4.78 is 6.61. The summed E-state index contributed by atoms with van der Waals surface area (Å²) in [4.78, 5) is 24.8. The second kappa shape index (κ2) is 17.7. The van der Waals surface area contributed by atoms with Crippen molar-refractivity contribution < 1.29 is 23.9 Å². The third-order valence-electron chi connectivity index (χ3n) is 6.70. The van der Waals surface area contributed by atoms with Crippen molar-refractivity contribution in [2.24, 2.45) is 0 Å². The molecule has 0 aliphatic heterocycles. The van der Waals surface area contributed by atoms with E-state index >= 15 is 0 Å². The first-order valence-electron chi connectivity index (χ1n) is 13.6. The van der Waals surface area contributed by atoms with Gasteiger partial charge >= 0.3 is 11.9 Å². The van der Waals surface area contributed by atoms with Crippen LogP contribution in [0.25, 0.3) is 0 Å². The number of hydrogen-bond donors (Lipinski definition) is 2. The fourth-order valence-electron chi connectivity index (χ4n) is 4.97. The normalized spacial score (nSPS) is 15.7. The summed E-state index contributed by atoms with van der Waals surface area (Å²) in [6.45, 7) is 12.5. The van der Waals surface area contributed by atoms with Gasteiger partial charge in [-0.3, -0.25) is 9.59 Å². The van der Waals surface area contributed by atoms with Crippen LogP contribution in [0.1, 0.15) is 117 Å².